The Hall–Kier alpha value is -1.83. The van der Waals surface area contributed by atoms with Crippen LogP contribution in [0.25, 0.3) is 10.9 Å². The zero-order valence-corrected chi connectivity index (χ0v) is 15.0. The third-order valence-corrected chi connectivity index (χ3v) is 4.95. The van der Waals surface area contributed by atoms with Gasteiger partial charge in [0.2, 0.25) is 0 Å². The average Bonchev–Trinajstić information content (AvgIpc) is 2.89. The van der Waals surface area contributed by atoms with E-state index in [2.05, 4.69) is 15.5 Å². The van der Waals surface area contributed by atoms with Gasteiger partial charge in [-0.15, -0.1) is 11.3 Å². The maximum absolute atomic E-state index is 13.1. The lowest BCUT2D eigenvalue weighted by Crippen LogP contribution is -2.07. The van der Waals surface area contributed by atoms with Gasteiger partial charge in [0, 0.05) is 17.1 Å². The third-order valence-electron chi connectivity index (χ3n) is 3.47. The van der Waals surface area contributed by atoms with E-state index in [0.717, 1.165) is 6.07 Å². The number of rotatable bonds is 3. The van der Waals surface area contributed by atoms with Crippen molar-refractivity contribution in [2.45, 2.75) is 13.1 Å². The number of alkyl halides is 3. The number of nitrogens with zero attached hydrogens (tertiary/aromatic N) is 2. The van der Waals surface area contributed by atoms with Crippen molar-refractivity contribution in [3.8, 4) is 0 Å². The van der Waals surface area contributed by atoms with E-state index in [1.165, 1.54) is 23.6 Å². The Morgan fingerprint density at radius 2 is 2.00 bits per heavy atom. The van der Waals surface area contributed by atoms with Crippen LogP contribution in [0.2, 0.25) is 8.67 Å². The molecule has 0 saturated carbocycles. The van der Waals surface area contributed by atoms with Crippen LogP contribution in [0.1, 0.15) is 18.1 Å². The number of thiophene rings is 1. The Bertz CT molecular complexity index is 967. The van der Waals surface area contributed by atoms with E-state index < -0.39 is 11.7 Å². The van der Waals surface area contributed by atoms with Gasteiger partial charge in [-0.1, -0.05) is 35.3 Å². The van der Waals surface area contributed by atoms with Crippen LogP contribution in [-0.2, 0) is 6.18 Å². The van der Waals surface area contributed by atoms with E-state index in [-0.39, 0.29) is 5.52 Å². The van der Waals surface area contributed by atoms with Gasteiger partial charge in [-0.2, -0.15) is 18.3 Å². The van der Waals surface area contributed by atoms with Crippen molar-refractivity contribution in [2.75, 3.05) is 5.43 Å². The van der Waals surface area contributed by atoms with Gasteiger partial charge >= 0.3 is 6.18 Å². The monoisotopic (exact) mass is 403 g/mol. The first-order chi connectivity index (χ1) is 11.8. The highest BCUT2D eigenvalue weighted by Crippen LogP contribution is 2.36. The second-order valence-corrected chi connectivity index (χ2v) is 7.39. The molecule has 0 aliphatic rings. The molecule has 3 aromatic rings. The first-order valence-corrected chi connectivity index (χ1v) is 8.55. The second-order valence-electron chi connectivity index (χ2n) is 5.10. The number of halogens is 5. The summed E-state index contributed by atoms with van der Waals surface area (Å²) in [5.74, 6) is 0. The van der Waals surface area contributed by atoms with Crippen LogP contribution in [0, 0.1) is 0 Å². The maximum atomic E-state index is 13.1. The molecule has 0 unspecified atom stereocenters. The summed E-state index contributed by atoms with van der Waals surface area (Å²) in [7, 11) is 0. The van der Waals surface area contributed by atoms with Gasteiger partial charge < -0.3 is 0 Å². The fourth-order valence-corrected chi connectivity index (χ4v) is 3.86. The molecule has 0 radical (unpaired) electrons. The van der Waals surface area contributed by atoms with E-state index in [0.29, 0.717) is 31.0 Å². The minimum absolute atomic E-state index is 0.135. The van der Waals surface area contributed by atoms with Crippen molar-refractivity contribution >= 4 is 56.8 Å². The molecule has 0 aliphatic heterocycles. The van der Waals surface area contributed by atoms with Crippen LogP contribution in [-0.4, -0.2) is 10.7 Å². The molecule has 3 nitrogen and oxygen atoms in total. The molecule has 2 heterocycles. The number of hydrogen-bond acceptors (Lipinski definition) is 4. The molecule has 3 rings (SSSR count). The molecule has 0 fully saturated rings. The smallest absolute Gasteiger partial charge is 0.277 e. The topological polar surface area (TPSA) is 37.3 Å². The molecule has 1 aromatic carbocycles. The number of benzene rings is 1. The van der Waals surface area contributed by atoms with E-state index >= 15 is 0 Å². The Balaban J connectivity index is 2.00. The Labute approximate surface area is 155 Å². The van der Waals surface area contributed by atoms with Gasteiger partial charge in [0.05, 0.1) is 26.8 Å². The standard InChI is InChI=1S/C16H10Cl2F3N3S/c1-8(10-7-13(17)25-15(10)18)23-24-12-5-6-22-14-9(12)3-2-4-11(14)16(19,20)21/h2-7H,1H3,(H,22,24)/b23-8+. The molecule has 0 spiro atoms. The molecule has 9 heteroatoms. The highest BCUT2D eigenvalue weighted by atomic mass is 35.5. The van der Waals surface area contributed by atoms with Crippen molar-refractivity contribution in [3.05, 3.63) is 56.3 Å². The fourth-order valence-electron chi connectivity index (χ4n) is 2.29. The Kier molecular flexibility index (Phi) is 4.90. The average molecular weight is 404 g/mol. The first-order valence-electron chi connectivity index (χ1n) is 6.98. The number of nitrogens with one attached hydrogen (secondary N) is 1. The largest absolute Gasteiger partial charge is 0.418 e. The van der Waals surface area contributed by atoms with Crippen molar-refractivity contribution in [2.24, 2.45) is 5.10 Å². The van der Waals surface area contributed by atoms with Crippen molar-refractivity contribution in [3.63, 3.8) is 0 Å². The predicted molar refractivity (Wildman–Crippen MR) is 96.9 cm³/mol. The summed E-state index contributed by atoms with van der Waals surface area (Å²) in [6.45, 7) is 1.72. The number of hydrogen-bond donors (Lipinski definition) is 1. The van der Waals surface area contributed by atoms with E-state index in [9.17, 15) is 13.2 Å². The summed E-state index contributed by atoms with van der Waals surface area (Å²) in [6, 6.07) is 7.13. The van der Waals surface area contributed by atoms with Gasteiger partial charge in [0.15, 0.2) is 0 Å². The SMILES string of the molecule is C/C(=N\Nc1ccnc2c(C(F)(F)F)cccc12)c1cc(Cl)sc1Cl. The number of aromatic nitrogens is 1. The van der Waals surface area contributed by atoms with Gasteiger partial charge in [-0.05, 0) is 25.1 Å². The normalized spacial score (nSPS) is 12.6. The quantitative estimate of drug-likeness (QED) is 0.402. The second kappa shape index (κ2) is 6.82. The molecule has 130 valence electrons. The zero-order valence-electron chi connectivity index (χ0n) is 12.7. The van der Waals surface area contributed by atoms with E-state index in [4.69, 9.17) is 23.2 Å². The van der Waals surface area contributed by atoms with Crippen LogP contribution >= 0.6 is 34.5 Å². The van der Waals surface area contributed by atoms with Crippen molar-refractivity contribution < 1.29 is 13.2 Å². The third kappa shape index (κ3) is 3.73. The fraction of sp³-hybridized carbons (Fsp3) is 0.125. The van der Waals surface area contributed by atoms with Crippen LogP contribution in [0.5, 0.6) is 0 Å². The van der Waals surface area contributed by atoms with Crippen LogP contribution in [0.3, 0.4) is 0 Å². The van der Waals surface area contributed by atoms with Gasteiger partial charge in [0.25, 0.3) is 0 Å². The minimum atomic E-state index is -4.48. The van der Waals surface area contributed by atoms with E-state index in [1.54, 1.807) is 25.1 Å². The lowest BCUT2D eigenvalue weighted by Gasteiger charge is -2.12. The molecule has 0 amide bonds. The lowest BCUT2D eigenvalue weighted by atomic mass is 10.1. The lowest BCUT2D eigenvalue weighted by molar-refractivity contribution is -0.136. The van der Waals surface area contributed by atoms with Crippen LogP contribution < -0.4 is 5.43 Å². The van der Waals surface area contributed by atoms with E-state index in [1.807, 2.05) is 0 Å². The number of pyridine rings is 1. The zero-order chi connectivity index (χ0) is 18.2. The summed E-state index contributed by atoms with van der Waals surface area (Å²) >= 11 is 13.2. The summed E-state index contributed by atoms with van der Waals surface area (Å²) in [5, 5.41) is 4.52. The number of para-hydroxylation sites is 1. The molecule has 1 N–H and O–H groups in total. The Morgan fingerprint density at radius 1 is 1.24 bits per heavy atom. The van der Waals surface area contributed by atoms with Crippen molar-refractivity contribution in [1.29, 1.82) is 0 Å². The summed E-state index contributed by atoms with van der Waals surface area (Å²) in [5.41, 5.74) is 3.50. The Morgan fingerprint density at radius 3 is 2.64 bits per heavy atom. The van der Waals surface area contributed by atoms with Crippen LogP contribution in [0.4, 0.5) is 18.9 Å². The van der Waals surface area contributed by atoms with Crippen LogP contribution in [0.15, 0.2) is 41.6 Å². The summed E-state index contributed by atoms with van der Waals surface area (Å²) in [4.78, 5) is 3.87. The molecule has 25 heavy (non-hydrogen) atoms. The molecule has 0 aliphatic carbocycles. The van der Waals surface area contributed by atoms with Gasteiger partial charge in [-0.3, -0.25) is 10.4 Å². The maximum Gasteiger partial charge on any atom is 0.418 e. The highest BCUT2D eigenvalue weighted by molar-refractivity contribution is 7.20. The molecule has 2 aromatic heterocycles. The first kappa shape index (κ1) is 18.0. The molecule has 0 bridgehead atoms. The molecular weight excluding hydrogens is 394 g/mol. The van der Waals surface area contributed by atoms with Crippen molar-refractivity contribution in [1.82, 2.24) is 4.98 Å². The number of fused-ring (bicyclic) bond motifs is 1. The summed E-state index contributed by atoms with van der Waals surface area (Å²) < 4.78 is 40.4. The van der Waals surface area contributed by atoms with Gasteiger partial charge in [0.1, 0.15) is 4.34 Å². The number of hydrazone groups is 1. The van der Waals surface area contributed by atoms with Gasteiger partial charge in [-0.25, -0.2) is 0 Å². The summed E-state index contributed by atoms with van der Waals surface area (Å²) in [6.07, 6.45) is -3.18. The predicted octanol–water partition coefficient (Wildman–Crippen LogP) is 6.46. The highest BCUT2D eigenvalue weighted by Gasteiger charge is 2.33. The minimum Gasteiger partial charge on any atom is -0.277 e. The molecule has 0 saturated heterocycles. The number of anilines is 1. The molecule has 0 atom stereocenters. The molecular formula is C16H10Cl2F3N3S.